The van der Waals surface area contributed by atoms with Crippen LogP contribution in [0.25, 0.3) is 0 Å². The maximum atomic E-state index is 10.7. The lowest BCUT2D eigenvalue weighted by Gasteiger charge is -2.04. The van der Waals surface area contributed by atoms with Crippen LogP contribution in [0.4, 0.5) is 0 Å². The number of amides is 1. The normalized spacial score (nSPS) is 18.0. The van der Waals surface area contributed by atoms with Crippen molar-refractivity contribution in [2.75, 3.05) is 13.6 Å². The van der Waals surface area contributed by atoms with Crippen LogP contribution < -0.4 is 0 Å². The number of likely N-dealkylation sites (N-methyl/N-ethyl adjacent to an activating group) is 1. The molecular formula is C6H6N2O2. The third-order valence-electron chi connectivity index (χ3n) is 1.37. The fourth-order valence-corrected chi connectivity index (χ4v) is 0.782. The molecule has 0 bridgehead atoms. The molecule has 0 aromatic heterocycles. The zero-order valence-corrected chi connectivity index (χ0v) is 5.46. The summed E-state index contributed by atoms with van der Waals surface area (Å²) in [6.07, 6.45) is 0. The van der Waals surface area contributed by atoms with E-state index in [0.29, 0.717) is 0 Å². The first-order chi connectivity index (χ1) is 4.66. The molecule has 0 unspecified atom stereocenters. The minimum atomic E-state index is -0.475. The largest absolute Gasteiger partial charge is 0.502 e. The molecule has 1 heterocycles. The summed E-state index contributed by atoms with van der Waals surface area (Å²) in [4.78, 5) is 12.0. The first-order valence-corrected chi connectivity index (χ1v) is 2.74. The second-order valence-electron chi connectivity index (χ2n) is 2.10. The molecule has 1 N–H and O–H groups in total. The van der Waals surface area contributed by atoms with Gasteiger partial charge in [-0.05, 0) is 0 Å². The van der Waals surface area contributed by atoms with Gasteiger partial charge in [-0.15, -0.1) is 0 Å². The van der Waals surface area contributed by atoms with Gasteiger partial charge in [-0.1, -0.05) is 0 Å². The van der Waals surface area contributed by atoms with Crippen LogP contribution >= 0.6 is 0 Å². The molecule has 1 amide bonds. The lowest BCUT2D eigenvalue weighted by atomic mass is 10.3. The van der Waals surface area contributed by atoms with Crippen molar-refractivity contribution in [2.24, 2.45) is 0 Å². The van der Waals surface area contributed by atoms with Crippen LogP contribution in [-0.2, 0) is 4.79 Å². The van der Waals surface area contributed by atoms with Crippen molar-refractivity contribution in [1.82, 2.24) is 4.90 Å². The predicted molar refractivity (Wildman–Crippen MR) is 32.9 cm³/mol. The quantitative estimate of drug-likeness (QED) is 0.504. The molecular weight excluding hydrogens is 132 g/mol. The number of nitrogens with zero attached hydrogens (tertiary/aromatic N) is 2. The van der Waals surface area contributed by atoms with Gasteiger partial charge in [-0.2, -0.15) is 5.26 Å². The summed E-state index contributed by atoms with van der Waals surface area (Å²) in [5.74, 6) is -0.887. The minimum Gasteiger partial charge on any atom is -0.502 e. The predicted octanol–water partition coefficient (Wildman–Crippen LogP) is -0.206. The summed E-state index contributed by atoms with van der Waals surface area (Å²) in [5.41, 5.74) is 0.146. The van der Waals surface area contributed by atoms with E-state index in [0.717, 1.165) is 0 Å². The van der Waals surface area contributed by atoms with Crippen molar-refractivity contribution in [3.05, 3.63) is 11.3 Å². The van der Waals surface area contributed by atoms with Crippen LogP contribution in [0.2, 0.25) is 0 Å². The third-order valence-corrected chi connectivity index (χ3v) is 1.37. The van der Waals surface area contributed by atoms with E-state index < -0.39 is 11.7 Å². The van der Waals surface area contributed by atoms with Gasteiger partial charge in [0.1, 0.15) is 6.07 Å². The molecule has 52 valence electrons. The molecule has 4 nitrogen and oxygen atoms in total. The summed E-state index contributed by atoms with van der Waals surface area (Å²) < 4.78 is 0. The monoisotopic (exact) mass is 138 g/mol. The zero-order chi connectivity index (χ0) is 7.72. The van der Waals surface area contributed by atoms with Gasteiger partial charge < -0.3 is 10.0 Å². The first kappa shape index (κ1) is 6.62. The molecule has 1 rings (SSSR count). The van der Waals surface area contributed by atoms with Crippen LogP contribution in [0, 0.1) is 11.3 Å². The van der Waals surface area contributed by atoms with E-state index in [1.54, 1.807) is 6.07 Å². The molecule has 0 radical (unpaired) electrons. The van der Waals surface area contributed by atoms with Gasteiger partial charge in [0.25, 0.3) is 5.91 Å². The van der Waals surface area contributed by atoms with Crippen molar-refractivity contribution in [3.63, 3.8) is 0 Å². The zero-order valence-electron chi connectivity index (χ0n) is 5.46. The van der Waals surface area contributed by atoms with E-state index in [4.69, 9.17) is 10.4 Å². The highest BCUT2D eigenvalue weighted by Gasteiger charge is 2.26. The van der Waals surface area contributed by atoms with Gasteiger partial charge in [0.15, 0.2) is 5.76 Å². The fraction of sp³-hybridized carbons (Fsp3) is 0.333. The summed E-state index contributed by atoms with van der Waals surface area (Å²) in [6, 6.07) is 1.74. The Bertz CT molecular complexity index is 249. The SMILES string of the molecule is CN1CC(C#N)=C(O)C1=O. The number of aliphatic hydroxyl groups is 1. The highest BCUT2D eigenvalue weighted by atomic mass is 16.3. The maximum Gasteiger partial charge on any atom is 0.289 e. The van der Waals surface area contributed by atoms with Crippen LogP contribution in [0.3, 0.4) is 0 Å². The Morgan fingerprint density at radius 2 is 2.40 bits per heavy atom. The highest BCUT2D eigenvalue weighted by molar-refractivity contribution is 5.95. The molecule has 0 saturated carbocycles. The van der Waals surface area contributed by atoms with Gasteiger partial charge in [0.05, 0.1) is 12.1 Å². The number of hydrogen-bond acceptors (Lipinski definition) is 3. The van der Waals surface area contributed by atoms with Crippen molar-refractivity contribution >= 4 is 5.91 Å². The highest BCUT2D eigenvalue weighted by Crippen LogP contribution is 2.13. The summed E-state index contributed by atoms with van der Waals surface area (Å²) in [7, 11) is 1.53. The Balaban J connectivity index is 2.97. The Kier molecular flexibility index (Phi) is 1.34. The second kappa shape index (κ2) is 2.03. The second-order valence-corrected chi connectivity index (χ2v) is 2.10. The van der Waals surface area contributed by atoms with Crippen LogP contribution in [0.15, 0.2) is 11.3 Å². The smallest absolute Gasteiger partial charge is 0.289 e. The first-order valence-electron chi connectivity index (χ1n) is 2.74. The number of rotatable bonds is 0. The van der Waals surface area contributed by atoms with Crippen molar-refractivity contribution in [1.29, 1.82) is 5.26 Å². The molecule has 0 fully saturated rings. The van der Waals surface area contributed by atoms with Gasteiger partial charge >= 0.3 is 0 Å². The Labute approximate surface area is 58.0 Å². The molecule has 0 saturated heterocycles. The number of carbonyl (C=O) groups is 1. The molecule has 10 heavy (non-hydrogen) atoms. The average molecular weight is 138 g/mol. The Morgan fingerprint density at radius 3 is 2.60 bits per heavy atom. The van der Waals surface area contributed by atoms with Gasteiger partial charge in [0.2, 0.25) is 0 Å². The van der Waals surface area contributed by atoms with Crippen molar-refractivity contribution in [3.8, 4) is 6.07 Å². The van der Waals surface area contributed by atoms with Gasteiger partial charge in [-0.3, -0.25) is 4.79 Å². The van der Waals surface area contributed by atoms with Crippen LogP contribution in [0.1, 0.15) is 0 Å². The number of carbonyl (C=O) groups excluding carboxylic acids is 1. The molecule has 0 aliphatic carbocycles. The van der Waals surface area contributed by atoms with E-state index in [2.05, 4.69) is 0 Å². The average Bonchev–Trinajstić information content (AvgIpc) is 2.17. The minimum absolute atomic E-state index is 0.146. The number of hydrogen-bond donors (Lipinski definition) is 1. The fourth-order valence-electron chi connectivity index (χ4n) is 0.782. The van der Waals surface area contributed by atoms with E-state index >= 15 is 0 Å². The molecule has 1 aliphatic rings. The van der Waals surface area contributed by atoms with Crippen LogP contribution in [-0.4, -0.2) is 29.5 Å². The molecule has 0 spiro atoms. The molecule has 0 aromatic carbocycles. The summed E-state index contributed by atoms with van der Waals surface area (Å²) in [6.45, 7) is 0.223. The number of aliphatic hydroxyl groups excluding tert-OH is 1. The Hall–Kier alpha value is -1.50. The van der Waals surface area contributed by atoms with Gasteiger partial charge in [-0.25, -0.2) is 0 Å². The standard InChI is InChI=1S/C6H6N2O2/c1-8-3-4(2-7)5(9)6(8)10/h9H,3H2,1H3. The topological polar surface area (TPSA) is 64.3 Å². The van der Waals surface area contributed by atoms with Crippen molar-refractivity contribution < 1.29 is 9.90 Å². The maximum absolute atomic E-state index is 10.7. The Morgan fingerprint density at radius 1 is 1.80 bits per heavy atom. The number of nitriles is 1. The lowest BCUT2D eigenvalue weighted by Crippen LogP contribution is -2.21. The van der Waals surface area contributed by atoms with Gasteiger partial charge in [0, 0.05) is 7.05 Å². The van der Waals surface area contributed by atoms with E-state index in [1.807, 2.05) is 0 Å². The molecule has 0 aromatic rings. The van der Waals surface area contributed by atoms with E-state index in [9.17, 15) is 4.79 Å². The summed E-state index contributed by atoms with van der Waals surface area (Å²) in [5, 5.41) is 17.2. The molecule has 4 heteroatoms. The van der Waals surface area contributed by atoms with E-state index in [1.165, 1.54) is 11.9 Å². The molecule has 0 atom stereocenters. The van der Waals surface area contributed by atoms with Crippen molar-refractivity contribution in [2.45, 2.75) is 0 Å². The summed E-state index contributed by atoms with van der Waals surface area (Å²) >= 11 is 0. The molecule has 1 aliphatic heterocycles. The van der Waals surface area contributed by atoms with E-state index in [-0.39, 0.29) is 12.1 Å². The lowest BCUT2D eigenvalue weighted by molar-refractivity contribution is -0.126. The van der Waals surface area contributed by atoms with Crippen LogP contribution in [0.5, 0.6) is 0 Å². The third kappa shape index (κ3) is 0.722.